The van der Waals surface area contributed by atoms with Gasteiger partial charge in [-0.1, -0.05) is 6.92 Å². The standard InChI is InChI=1S/C10H17F2NO2/c1-2-13-8(9(14)15)6-10(11,12)5-7-3-4-7/h7-8,13H,2-6H2,1H3,(H,14,15). The Kier molecular flexibility index (Phi) is 4.02. The Morgan fingerprint density at radius 3 is 2.60 bits per heavy atom. The molecule has 0 heterocycles. The summed E-state index contributed by atoms with van der Waals surface area (Å²) < 4.78 is 26.7. The van der Waals surface area contributed by atoms with Gasteiger partial charge in [0.05, 0.1) is 0 Å². The highest BCUT2D eigenvalue weighted by molar-refractivity contribution is 5.73. The molecule has 0 aromatic rings. The molecule has 1 unspecified atom stereocenters. The molecule has 0 bridgehead atoms. The zero-order valence-corrected chi connectivity index (χ0v) is 8.80. The summed E-state index contributed by atoms with van der Waals surface area (Å²) in [6, 6.07) is -1.14. The van der Waals surface area contributed by atoms with Crippen molar-refractivity contribution >= 4 is 5.97 Å². The molecule has 15 heavy (non-hydrogen) atoms. The number of halogens is 2. The second-order valence-electron chi connectivity index (χ2n) is 4.16. The molecule has 0 amide bonds. The number of aliphatic carboxylic acids is 1. The third-order valence-corrected chi connectivity index (χ3v) is 2.54. The number of carbonyl (C=O) groups is 1. The van der Waals surface area contributed by atoms with E-state index in [0.717, 1.165) is 12.8 Å². The average molecular weight is 221 g/mol. The Bertz CT molecular complexity index is 229. The van der Waals surface area contributed by atoms with E-state index in [4.69, 9.17) is 5.11 Å². The number of hydrogen-bond acceptors (Lipinski definition) is 2. The van der Waals surface area contributed by atoms with Gasteiger partial charge < -0.3 is 10.4 Å². The second-order valence-corrected chi connectivity index (χ2v) is 4.16. The van der Waals surface area contributed by atoms with Crippen LogP contribution in [0.1, 0.15) is 32.6 Å². The summed E-state index contributed by atoms with van der Waals surface area (Å²) >= 11 is 0. The van der Waals surface area contributed by atoms with Crippen LogP contribution in [0.3, 0.4) is 0 Å². The zero-order chi connectivity index (χ0) is 11.5. The number of nitrogens with one attached hydrogen (secondary N) is 1. The van der Waals surface area contributed by atoms with Gasteiger partial charge in [0.25, 0.3) is 5.92 Å². The van der Waals surface area contributed by atoms with Crippen LogP contribution in [0.25, 0.3) is 0 Å². The van der Waals surface area contributed by atoms with Gasteiger partial charge in [0.1, 0.15) is 6.04 Å². The summed E-state index contributed by atoms with van der Waals surface area (Å²) in [5.74, 6) is -3.95. The van der Waals surface area contributed by atoms with Crippen LogP contribution < -0.4 is 5.32 Å². The third-order valence-electron chi connectivity index (χ3n) is 2.54. The molecule has 3 nitrogen and oxygen atoms in total. The van der Waals surface area contributed by atoms with Crippen molar-refractivity contribution in [3.05, 3.63) is 0 Å². The van der Waals surface area contributed by atoms with Gasteiger partial charge >= 0.3 is 5.97 Å². The minimum absolute atomic E-state index is 0.107. The lowest BCUT2D eigenvalue weighted by atomic mass is 10.0. The van der Waals surface area contributed by atoms with Crippen molar-refractivity contribution in [1.29, 1.82) is 0 Å². The lowest BCUT2D eigenvalue weighted by Crippen LogP contribution is -2.41. The fraction of sp³-hybridized carbons (Fsp3) is 0.900. The molecule has 1 atom stereocenters. The topological polar surface area (TPSA) is 49.3 Å². The van der Waals surface area contributed by atoms with Crippen LogP contribution >= 0.6 is 0 Å². The molecule has 0 saturated heterocycles. The minimum atomic E-state index is -2.85. The maximum absolute atomic E-state index is 13.3. The first-order chi connectivity index (χ1) is 6.94. The van der Waals surface area contributed by atoms with Crippen LogP contribution in [0.4, 0.5) is 8.78 Å². The van der Waals surface area contributed by atoms with E-state index in [1.165, 1.54) is 0 Å². The largest absolute Gasteiger partial charge is 0.480 e. The quantitative estimate of drug-likeness (QED) is 0.690. The Hall–Kier alpha value is -0.710. The van der Waals surface area contributed by atoms with Crippen molar-refractivity contribution in [1.82, 2.24) is 5.32 Å². The van der Waals surface area contributed by atoms with Crippen molar-refractivity contribution in [3.8, 4) is 0 Å². The number of hydrogen-bond donors (Lipinski definition) is 2. The number of alkyl halides is 2. The van der Waals surface area contributed by atoms with Crippen molar-refractivity contribution in [2.75, 3.05) is 6.54 Å². The Balaban J connectivity index is 2.42. The van der Waals surface area contributed by atoms with E-state index in [2.05, 4.69) is 5.32 Å². The highest BCUT2D eigenvalue weighted by Gasteiger charge is 2.40. The maximum atomic E-state index is 13.3. The SMILES string of the molecule is CCNC(CC(F)(F)CC1CC1)C(=O)O. The van der Waals surface area contributed by atoms with E-state index in [0.29, 0.717) is 6.54 Å². The predicted octanol–water partition coefficient (Wildman–Crippen LogP) is 1.87. The molecular formula is C10H17F2NO2. The monoisotopic (exact) mass is 221 g/mol. The van der Waals surface area contributed by atoms with Crippen molar-refractivity contribution < 1.29 is 18.7 Å². The molecule has 1 rings (SSSR count). The molecule has 0 aliphatic heterocycles. The summed E-state index contributed by atoms with van der Waals surface area (Å²) in [5, 5.41) is 11.3. The van der Waals surface area contributed by atoms with Gasteiger partial charge in [0, 0.05) is 12.8 Å². The molecule has 1 aliphatic rings. The predicted molar refractivity (Wildman–Crippen MR) is 52.0 cm³/mol. The van der Waals surface area contributed by atoms with E-state index in [1.807, 2.05) is 0 Å². The van der Waals surface area contributed by atoms with Gasteiger partial charge in [-0.2, -0.15) is 0 Å². The molecule has 0 spiro atoms. The summed E-state index contributed by atoms with van der Waals surface area (Å²) in [6.07, 6.45) is 0.942. The summed E-state index contributed by atoms with van der Waals surface area (Å²) in [6.45, 7) is 2.09. The lowest BCUT2D eigenvalue weighted by Gasteiger charge is -2.21. The van der Waals surface area contributed by atoms with E-state index < -0.39 is 24.4 Å². The zero-order valence-electron chi connectivity index (χ0n) is 8.80. The molecule has 0 aromatic heterocycles. The van der Waals surface area contributed by atoms with Crippen LogP contribution in [0, 0.1) is 5.92 Å². The maximum Gasteiger partial charge on any atom is 0.320 e. The van der Waals surface area contributed by atoms with E-state index in [1.54, 1.807) is 6.92 Å². The molecule has 2 N–H and O–H groups in total. The van der Waals surface area contributed by atoms with Gasteiger partial charge in [0.15, 0.2) is 0 Å². The van der Waals surface area contributed by atoms with Crippen LogP contribution in [-0.2, 0) is 4.79 Å². The van der Waals surface area contributed by atoms with Gasteiger partial charge in [-0.05, 0) is 25.3 Å². The molecule has 1 fully saturated rings. The highest BCUT2D eigenvalue weighted by Crippen LogP contribution is 2.40. The van der Waals surface area contributed by atoms with Gasteiger partial charge in [0.2, 0.25) is 0 Å². The fourth-order valence-electron chi connectivity index (χ4n) is 1.62. The van der Waals surface area contributed by atoms with Crippen molar-refractivity contribution in [2.24, 2.45) is 5.92 Å². The van der Waals surface area contributed by atoms with E-state index >= 15 is 0 Å². The van der Waals surface area contributed by atoms with Gasteiger partial charge in [-0.15, -0.1) is 0 Å². The summed E-state index contributed by atoms with van der Waals surface area (Å²) in [7, 11) is 0. The number of likely N-dealkylation sites (N-methyl/N-ethyl adjacent to an activating group) is 1. The highest BCUT2D eigenvalue weighted by atomic mass is 19.3. The molecule has 5 heteroatoms. The molecular weight excluding hydrogens is 204 g/mol. The number of carboxylic acid groups (broad SMARTS) is 1. The smallest absolute Gasteiger partial charge is 0.320 e. The Morgan fingerprint density at radius 2 is 2.20 bits per heavy atom. The minimum Gasteiger partial charge on any atom is -0.480 e. The van der Waals surface area contributed by atoms with Crippen LogP contribution in [-0.4, -0.2) is 29.6 Å². The Labute approximate surface area is 87.9 Å². The van der Waals surface area contributed by atoms with E-state index in [9.17, 15) is 13.6 Å². The number of carboxylic acids is 1. The number of rotatable bonds is 7. The molecule has 0 aromatic carbocycles. The van der Waals surface area contributed by atoms with Crippen molar-refractivity contribution in [2.45, 2.75) is 44.6 Å². The van der Waals surface area contributed by atoms with Gasteiger partial charge in [-0.3, -0.25) is 4.79 Å². The fourth-order valence-corrected chi connectivity index (χ4v) is 1.62. The van der Waals surface area contributed by atoms with Gasteiger partial charge in [-0.25, -0.2) is 8.78 Å². The summed E-state index contributed by atoms with van der Waals surface area (Å²) in [5.41, 5.74) is 0. The molecule has 88 valence electrons. The van der Waals surface area contributed by atoms with Crippen LogP contribution in [0.2, 0.25) is 0 Å². The molecule has 1 aliphatic carbocycles. The van der Waals surface area contributed by atoms with Crippen LogP contribution in [0.15, 0.2) is 0 Å². The summed E-state index contributed by atoms with van der Waals surface area (Å²) in [4.78, 5) is 10.7. The third kappa shape index (κ3) is 4.55. The van der Waals surface area contributed by atoms with E-state index in [-0.39, 0.29) is 12.3 Å². The average Bonchev–Trinajstić information content (AvgIpc) is 2.86. The first-order valence-corrected chi connectivity index (χ1v) is 5.28. The second kappa shape index (κ2) is 4.88. The van der Waals surface area contributed by atoms with Crippen LogP contribution in [0.5, 0.6) is 0 Å². The Morgan fingerprint density at radius 1 is 1.60 bits per heavy atom. The lowest BCUT2D eigenvalue weighted by molar-refractivity contribution is -0.142. The van der Waals surface area contributed by atoms with Crippen molar-refractivity contribution in [3.63, 3.8) is 0 Å². The normalized spacial score (nSPS) is 18.9. The molecule has 0 radical (unpaired) electrons. The first kappa shape index (κ1) is 12.4. The first-order valence-electron chi connectivity index (χ1n) is 5.28. The molecule has 1 saturated carbocycles.